The SMILES string of the molecule is C=CCc1ccc(Oc2ccccc2)c(OC)c1. The lowest BCUT2D eigenvalue weighted by atomic mass is 10.1. The molecule has 0 atom stereocenters. The van der Waals surface area contributed by atoms with Crippen molar-refractivity contribution >= 4 is 0 Å². The fourth-order valence-corrected chi connectivity index (χ4v) is 1.71. The third-order valence-electron chi connectivity index (χ3n) is 2.58. The maximum atomic E-state index is 5.78. The molecule has 2 aromatic rings. The molecule has 0 saturated heterocycles. The van der Waals surface area contributed by atoms with Crippen LogP contribution in [0.2, 0.25) is 0 Å². The van der Waals surface area contributed by atoms with Crippen LogP contribution in [-0.4, -0.2) is 7.11 Å². The maximum absolute atomic E-state index is 5.78. The summed E-state index contributed by atoms with van der Waals surface area (Å²) in [5.41, 5.74) is 1.15. The van der Waals surface area contributed by atoms with Crippen LogP contribution in [0.5, 0.6) is 17.2 Å². The molecule has 2 nitrogen and oxygen atoms in total. The Labute approximate surface area is 107 Å². The second-order valence-electron chi connectivity index (χ2n) is 3.89. The second kappa shape index (κ2) is 5.92. The topological polar surface area (TPSA) is 18.5 Å². The number of ether oxygens (including phenoxy) is 2. The van der Waals surface area contributed by atoms with E-state index in [0.717, 1.165) is 29.2 Å². The van der Waals surface area contributed by atoms with E-state index in [4.69, 9.17) is 9.47 Å². The summed E-state index contributed by atoms with van der Waals surface area (Å²) in [7, 11) is 1.64. The molecule has 2 aromatic carbocycles. The van der Waals surface area contributed by atoms with Gasteiger partial charge in [0, 0.05) is 0 Å². The number of rotatable bonds is 5. The molecule has 0 aliphatic heterocycles. The summed E-state index contributed by atoms with van der Waals surface area (Å²) in [6, 6.07) is 15.6. The van der Waals surface area contributed by atoms with E-state index < -0.39 is 0 Å². The smallest absolute Gasteiger partial charge is 0.169 e. The van der Waals surface area contributed by atoms with Gasteiger partial charge in [-0.3, -0.25) is 0 Å². The molecular weight excluding hydrogens is 224 g/mol. The van der Waals surface area contributed by atoms with E-state index in [-0.39, 0.29) is 0 Å². The van der Waals surface area contributed by atoms with Crippen LogP contribution in [0.4, 0.5) is 0 Å². The average molecular weight is 240 g/mol. The molecule has 0 aliphatic carbocycles. The van der Waals surface area contributed by atoms with Gasteiger partial charge in [-0.25, -0.2) is 0 Å². The van der Waals surface area contributed by atoms with Crippen molar-refractivity contribution < 1.29 is 9.47 Å². The fourth-order valence-electron chi connectivity index (χ4n) is 1.71. The lowest BCUT2D eigenvalue weighted by molar-refractivity contribution is 0.378. The van der Waals surface area contributed by atoms with Crippen LogP contribution in [0.25, 0.3) is 0 Å². The molecule has 2 heteroatoms. The number of benzene rings is 2. The molecular formula is C16H16O2. The molecule has 0 aliphatic rings. The first-order chi connectivity index (χ1) is 8.83. The third kappa shape index (κ3) is 2.92. The molecule has 0 spiro atoms. The lowest BCUT2D eigenvalue weighted by Crippen LogP contribution is -1.92. The van der Waals surface area contributed by atoms with Crippen molar-refractivity contribution in [3.8, 4) is 17.2 Å². The number of methoxy groups -OCH3 is 1. The first kappa shape index (κ1) is 12.2. The van der Waals surface area contributed by atoms with Crippen LogP contribution in [0.15, 0.2) is 61.2 Å². The van der Waals surface area contributed by atoms with E-state index in [9.17, 15) is 0 Å². The van der Waals surface area contributed by atoms with Gasteiger partial charge in [-0.05, 0) is 36.2 Å². The highest BCUT2D eigenvalue weighted by Crippen LogP contribution is 2.32. The summed E-state index contributed by atoms with van der Waals surface area (Å²) in [5.74, 6) is 2.25. The zero-order valence-corrected chi connectivity index (χ0v) is 10.4. The van der Waals surface area contributed by atoms with E-state index in [0.29, 0.717) is 0 Å². The van der Waals surface area contributed by atoms with Gasteiger partial charge in [0.15, 0.2) is 11.5 Å². The molecule has 0 amide bonds. The van der Waals surface area contributed by atoms with Gasteiger partial charge < -0.3 is 9.47 Å². The Hall–Kier alpha value is -2.22. The maximum Gasteiger partial charge on any atom is 0.169 e. The molecule has 2 rings (SSSR count). The zero-order chi connectivity index (χ0) is 12.8. The normalized spacial score (nSPS) is 9.83. The minimum Gasteiger partial charge on any atom is -0.493 e. The van der Waals surface area contributed by atoms with Crippen molar-refractivity contribution in [1.82, 2.24) is 0 Å². The Morgan fingerprint density at radius 2 is 1.83 bits per heavy atom. The van der Waals surface area contributed by atoms with Gasteiger partial charge in [-0.1, -0.05) is 30.3 Å². The molecule has 18 heavy (non-hydrogen) atoms. The first-order valence-electron chi connectivity index (χ1n) is 5.84. The van der Waals surface area contributed by atoms with Crippen LogP contribution in [0, 0.1) is 0 Å². The Bertz CT molecular complexity index is 518. The van der Waals surface area contributed by atoms with Gasteiger partial charge in [-0.15, -0.1) is 6.58 Å². The molecule has 0 heterocycles. The number of allylic oxidation sites excluding steroid dienone is 1. The Morgan fingerprint density at radius 1 is 1.06 bits per heavy atom. The van der Waals surface area contributed by atoms with E-state index in [2.05, 4.69) is 6.58 Å². The molecule has 0 radical (unpaired) electrons. The molecule has 0 bridgehead atoms. The minimum atomic E-state index is 0.719. The lowest BCUT2D eigenvalue weighted by Gasteiger charge is -2.11. The highest BCUT2D eigenvalue weighted by Gasteiger charge is 2.06. The third-order valence-corrected chi connectivity index (χ3v) is 2.58. The van der Waals surface area contributed by atoms with Gasteiger partial charge in [0.05, 0.1) is 7.11 Å². The summed E-state index contributed by atoms with van der Waals surface area (Å²) in [5, 5.41) is 0. The van der Waals surface area contributed by atoms with Crippen LogP contribution in [0.3, 0.4) is 0 Å². The van der Waals surface area contributed by atoms with Crippen molar-refractivity contribution in [2.24, 2.45) is 0 Å². The molecule has 0 N–H and O–H groups in total. The Kier molecular flexibility index (Phi) is 4.02. The van der Waals surface area contributed by atoms with Crippen molar-refractivity contribution in [3.63, 3.8) is 0 Å². The summed E-state index contributed by atoms with van der Waals surface area (Å²) in [6.07, 6.45) is 2.69. The monoisotopic (exact) mass is 240 g/mol. The van der Waals surface area contributed by atoms with Crippen molar-refractivity contribution in [1.29, 1.82) is 0 Å². The molecule has 0 saturated carbocycles. The summed E-state index contributed by atoms with van der Waals surface area (Å²) in [6.45, 7) is 3.73. The van der Waals surface area contributed by atoms with Crippen LogP contribution < -0.4 is 9.47 Å². The molecule has 0 aromatic heterocycles. The predicted molar refractivity (Wildman–Crippen MR) is 73.4 cm³/mol. The van der Waals surface area contributed by atoms with Crippen molar-refractivity contribution in [2.75, 3.05) is 7.11 Å². The predicted octanol–water partition coefficient (Wildman–Crippen LogP) is 4.22. The van der Waals surface area contributed by atoms with Crippen molar-refractivity contribution in [3.05, 3.63) is 66.7 Å². The van der Waals surface area contributed by atoms with E-state index in [1.54, 1.807) is 7.11 Å². The van der Waals surface area contributed by atoms with Gasteiger partial charge in [-0.2, -0.15) is 0 Å². The standard InChI is InChI=1S/C16H16O2/c1-3-7-13-10-11-15(16(12-13)17-2)18-14-8-5-4-6-9-14/h3-6,8-12H,1,7H2,2H3. The summed E-state index contributed by atoms with van der Waals surface area (Å²) < 4.78 is 11.1. The largest absolute Gasteiger partial charge is 0.493 e. The first-order valence-corrected chi connectivity index (χ1v) is 5.84. The van der Waals surface area contributed by atoms with Gasteiger partial charge >= 0.3 is 0 Å². The second-order valence-corrected chi connectivity index (χ2v) is 3.89. The highest BCUT2D eigenvalue weighted by molar-refractivity contribution is 5.45. The fraction of sp³-hybridized carbons (Fsp3) is 0.125. The van der Waals surface area contributed by atoms with Crippen LogP contribution in [0.1, 0.15) is 5.56 Å². The van der Waals surface area contributed by atoms with Crippen LogP contribution in [-0.2, 0) is 6.42 Å². The average Bonchev–Trinajstić information content (AvgIpc) is 2.42. The minimum absolute atomic E-state index is 0.719. The van der Waals surface area contributed by atoms with E-state index >= 15 is 0 Å². The number of para-hydroxylation sites is 1. The van der Waals surface area contributed by atoms with Crippen LogP contribution >= 0.6 is 0 Å². The number of hydrogen-bond donors (Lipinski definition) is 0. The molecule has 0 unspecified atom stereocenters. The summed E-state index contributed by atoms with van der Waals surface area (Å²) >= 11 is 0. The summed E-state index contributed by atoms with van der Waals surface area (Å²) in [4.78, 5) is 0. The van der Waals surface area contributed by atoms with Gasteiger partial charge in [0.25, 0.3) is 0 Å². The highest BCUT2D eigenvalue weighted by atomic mass is 16.5. The molecule has 92 valence electrons. The van der Waals surface area contributed by atoms with Gasteiger partial charge in [0.1, 0.15) is 5.75 Å². The van der Waals surface area contributed by atoms with Crippen molar-refractivity contribution in [2.45, 2.75) is 6.42 Å². The van der Waals surface area contributed by atoms with Gasteiger partial charge in [0.2, 0.25) is 0 Å². The van der Waals surface area contributed by atoms with E-state index in [1.807, 2.05) is 54.6 Å². The zero-order valence-electron chi connectivity index (χ0n) is 10.4. The quantitative estimate of drug-likeness (QED) is 0.729. The van der Waals surface area contributed by atoms with E-state index in [1.165, 1.54) is 0 Å². The Balaban J connectivity index is 2.25. The molecule has 0 fully saturated rings. The number of hydrogen-bond acceptors (Lipinski definition) is 2. The Morgan fingerprint density at radius 3 is 2.50 bits per heavy atom.